The molecule has 1 aromatic rings. The summed E-state index contributed by atoms with van der Waals surface area (Å²) in [7, 11) is -3.27. The van der Waals surface area contributed by atoms with Crippen LogP contribution in [0.4, 0.5) is 8.78 Å². The molecule has 2 rings (SSSR count). The molecule has 1 aromatic carbocycles. The second-order valence-electron chi connectivity index (χ2n) is 4.91. The molecule has 1 fully saturated rings. The number of hydrogen-bond donors (Lipinski definition) is 1. The summed E-state index contributed by atoms with van der Waals surface area (Å²) in [5.41, 5.74) is 0. The molecule has 0 radical (unpaired) electrons. The monoisotopic (exact) mass is 335 g/mol. The first kappa shape index (κ1) is 16.8. The SMILES string of the molecule is COC(=O)[C@H]1C[C@@H](O)CCN1S(=O)(=O)c1ccc(F)cc1F. The normalized spacial score (nSPS) is 23.3. The Morgan fingerprint density at radius 3 is 2.68 bits per heavy atom. The van der Waals surface area contributed by atoms with Gasteiger partial charge in [-0.1, -0.05) is 0 Å². The van der Waals surface area contributed by atoms with E-state index in [4.69, 9.17) is 0 Å². The highest BCUT2D eigenvalue weighted by atomic mass is 32.2. The van der Waals surface area contributed by atoms with E-state index in [9.17, 15) is 27.1 Å². The molecule has 0 unspecified atom stereocenters. The van der Waals surface area contributed by atoms with Crippen molar-refractivity contribution in [1.82, 2.24) is 4.31 Å². The molecule has 6 nitrogen and oxygen atoms in total. The van der Waals surface area contributed by atoms with E-state index in [0.717, 1.165) is 23.5 Å². The quantitative estimate of drug-likeness (QED) is 0.820. The highest BCUT2D eigenvalue weighted by Gasteiger charge is 2.41. The minimum atomic E-state index is -4.36. The summed E-state index contributed by atoms with van der Waals surface area (Å²) in [4.78, 5) is 11.0. The number of esters is 1. The lowest BCUT2D eigenvalue weighted by molar-refractivity contribution is -0.147. The van der Waals surface area contributed by atoms with Gasteiger partial charge >= 0.3 is 5.97 Å². The predicted octanol–water partition coefficient (Wildman–Crippen LogP) is 0.652. The molecule has 0 amide bonds. The van der Waals surface area contributed by atoms with Crippen molar-refractivity contribution in [3.63, 3.8) is 0 Å². The van der Waals surface area contributed by atoms with E-state index in [2.05, 4.69) is 4.74 Å². The van der Waals surface area contributed by atoms with E-state index in [1.807, 2.05) is 0 Å². The van der Waals surface area contributed by atoms with Crippen LogP contribution >= 0.6 is 0 Å². The summed E-state index contributed by atoms with van der Waals surface area (Å²) >= 11 is 0. The molecular weight excluding hydrogens is 320 g/mol. The summed E-state index contributed by atoms with van der Waals surface area (Å²) < 4.78 is 57.1. The third kappa shape index (κ3) is 3.11. The van der Waals surface area contributed by atoms with Crippen molar-refractivity contribution in [2.45, 2.75) is 29.9 Å². The highest BCUT2D eigenvalue weighted by Crippen LogP contribution is 2.28. The Morgan fingerprint density at radius 1 is 1.41 bits per heavy atom. The first-order valence-electron chi connectivity index (χ1n) is 6.50. The average Bonchev–Trinajstić information content (AvgIpc) is 2.45. The molecule has 1 aliphatic heterocycles. The van der Waals surface area contributed by atoms with Crippen LogP contribution in [-0.4, -0.2) is 49.6 Å². The van der Waals surface area contributed by atoms with E-state index in [1.165, 1.54) is 0 Å². The first-order chi connectivity index (χ1) is 10.3. The highest BCUT2D eigenvalue weighted by molar-refractivity contribution is 7.89. The van der Waals surface area contributed by atoms with Crippen LogP contribution in [0.1, 0.15) is 12.8 Å². The van der Waals surface area contributed by atoms with E-state index in [0.29, 0.717) is 6.07 Å². The Bertz CT molecular complexity index is 679. The molecule has 1 aliphatic rings. The number of sulfonamides is 1. The van der Waals surface area contributed by atoms with Gasteiger partial charge in [-0.15, -0.1) is 0 Å². The van der Waals surface area contributed by atoms with E-state index in [-0.39, 0.29) is 19.4 Å². The van der Waals surface area contributed by atoms with Gasteiger partial charge in [0.15, 0.2) is 0 Å². The van der Waals surface area contributed by atoms with Gasteiger partial charge in [-0.2, -0.15) is 4.31 Å². The van der Waals surface area contributed by atoms with Gasteiger partial charge in [0, 0.05) is 19.0 Å². The Balaban J connectivity index is 2.43. The summed E-state index contributed by atoms with van der Waals surface area (Å²) in [6, 6.07) is 0.836. The molecule has 1 N–H and O–H groups in total. The maximum Gasteiger partial charge on any atom is 0.324 e. The third-order valence-corrected chi connectivity index (χ3v) is 5.42. The predicted molar refractivity (Wildman–Crippen MR) is 71.3 cm³/mol. The zero-order chi connectivity index (χ0) is 16.5. The molecular formula is C13H15F2NO5S. The molecule has 1 heterocycles. The minimum Gasteiger partial charge on any atom is -0.468 e. The largest absolute Gasteiger partial charge is 0.468 e. The molecule has 2 atom stereocenters. The summed E-state index contributed by atoms with van der Waals surface area (Å²) in [5.74, 6) is -2.99. The topological polar surface area (TPSA) is 83.9 Å². The van der Waals surface area contributed by atoms with E-state index >= 15 is 0 Å². The molecule has 22 heavy (non-hydrogen) atoms. The zero-order valence-electron chi connectivity index (χ0n) is 11.7. The van der Waals surface area contributed by atoms with Crippen LogP contribution in [-0.2, 0) is 19.6 Å². The van der Waals surface area contributed by atoms with Gasteiger partial charge in [0.1, 0.15) is 22.6 Å². The summed E-state index contributed by atoms with van der Waals surface area (Å²) in [6.07, 6.45) is -0.891. The molecule has 122 valence electrons. The Kier molecular flexibility index (Phi) is 4.78. The van der Waals surface area contributed by atoms with Crippen molar-refractivity contribution in [1.29, 1.82) is 0 Å². The smallest absolute Gasteiger partial charge is 0.324 e. The van der Waals surface area contributed by atoms with E-state index in [1.54, 1.807) is 0 Å². The molecule has 0 aromatic heterocycles. The van der Waals surface area contributed by atoms with Crippen LogP contribution < -0.4 is 0 Å². The molecule has 1 saturated heterocycles. The van der Waals surface area contributed by atoms with Gasteiger partial charge in [0.25, 0.3) is 0 Å². The van der Waals surface area contributed by atoms with Crippen molar-refractivity contribution in [3.8, 4) is 0 Å². The fraction of sp³-hybridized carbons (Fsp3) is 0.462. The summed E-state index contributed by atoms with van der Waals surface area (Å²) in [5, 5.41) is 9.62. The number of carbonyl (C=O) groups is 1. The maximum atomic E-state index is 13.8. The third-order valence-electron chi connectivity index (χ3n) is 3.48. The zero-order valence-corrected chi connectivity index (χ0v) is 12.5. The van der Waals surface area contributed by atoms with Crippen molar-refractivity contribution in [3.05, 3.63) is 29.8 Å². The van der Waals surface area contributed by atoms with Gasteiger partial charge < -0.3 is 9.84 Å². The van der Waals surface area contributed by atoms with Crippen LogP contribution in [0.2, 0.25) is 0 Å². The van der Waals surface area contributed by atoms with E-state index < -0.39 is 44.7 Å². The number of ether oxygens (including phenoxy) is 1. The van der Waals surface area contributed by atoms with Gasteiger partial charge in [-0.25, -0.2) is 17.2 Å². The number of carbonyl (C=O) groups excluding carboxylic acids is 1. The molecule has 0 aliphatic carbocycles. The Labute approximate surface area is 126 Å². The van der Waals surface area contributed by atoms with Crippen LogP contribution in [0.3, 0.4) is 0 Å². The van der Waals surface area contributed by atoms with Gasteiger partial charge in [0.2, 0.25) is 10.0 Å². The number of methoxy groups -OCH3 is 1. The van der Waals surface area contributed by atoms with Crippen LogP contribution in [0.5, 0.6) is 0 Å². The lowest BCUT2D eigenvalue weighted by atomic mass is 10.0. The molecule has 0 saturated carbocycles. The summed E-state index contributed by atoms with van der Waals surface area (Å²) in [6.45, 7) is -0.167. The number of piperidine rings is 1. The van der Waals surface area contributed by atoms with Gasteiger partial charge in [-0.3, -0.25) is 4.79 Å². The number of nitrogens with zero attached hydrogens (tertiary/aromatic N) is 1. The number of rotatable bonds is 3. The van der Waals surface area contributed by atoms with Gasteiger partial charge in [-0.05, 0) is 18.6 Å². The second-order valence-corrected chi connectivity index (χ2v) is 6.77. The van der Waals surface area contributed by atoms with Crippen LogP contribution in [0.25, 0.3) is 0 Å². The lowest BCUT2D eigenvalue weighted by Gasteiger charge is -2.34. The Hall–Kier alpha value is -1.58. The lowest BCUT2D eigenvalue weighted by Crippen LogP contribution is -2.51. The van der Waals surface area contributed by atoms with Crippen molar-refractivity contribution in [2.24, 2.45) is 0 Å². The average molecular weight is 335 g/mol. The minimum absolute atomic E-state index is 0.107. The second kappa shape index (κ2) is 6.27. The van der Waals surface area contributed by atoms with Crippen molar-refractivity contribution >= 4 is 16.0 Å². The maximum absolute atomic E-state index is 13.8. The fourth-order valence-electron chi connectivity index (χ4n) is 2.37. The number of hydrogen-bond acceptors (Lipinski definition) is 5. The number of benzene rings is 1. The standard InChI is InChI=1S/C13H15F2NO5S/c1-21-13(18)11-7-9(17)4-5-16(11)22(19,20)12-3-2-8(14)6-10(12)15/h2-3,6,9,11,17H,4-5,7H2,1H3/t9-,11+/m0/s1. The van der Waals surface area contributed by atoms with Crippen molar-refractivity contribution < 1.29 is 31.8 Å². The molecule has 0 bridgehead atoms. The van der Waals surface area contributed by atoms with Crippen molar-refractivity contribution in [2.75, 3.05) is 13.7 Å². The fourth-order valence-corrected chi connectivity index (χ4v) is 4.02. The number of aliphatic hydroxyl groups excluding tert-OH is 1. The molecule has 9 heteroatoms. The van der Waals surface area contributed by atoms with Gasteiger partial charge in [0.05, 0.1) is 13.2 Å². The molecule has 0 spiro atoms. The Morgan fingerprint density at radius 2 is 2.09 bits per heavy atom. The number of halogens is 2. The first-order valence-corrected chi connectivity index (χ1v) is 7.94. The number of aliphatic hydroxyl groups is 1. The van der Waals surface area contributed by atoms with Crippen LogP contribution in [0, 0.1) is 11.6 Å². The van der Waals surface area contributed by atoms with Crippen LogP contribution in [0.15, 0.2) is 23.1 Å².